The van der Waals surface area contributed by atoms with E-state index in [1.54, 1.807) is 0 Å². The molecule has 0 aliphatic carbocycles. The van der Waals surface area contributed by atoms with Crippen LogP contribution in [0.4, 0.5) is 0 Å². The van der Waals surface area contributed by atoms with Gasteiger partial charge in [0.2, 0.25) is 0 Å². The summed E-state index contributed by atoms with van der Waals surface area (Å²) in [6, 6.07) is 7.25. The fourth-order valence-electron chi connectivity index (χ4n) is 2.74. The SMILES string of the molecule is CNC(Cc1cc(C)ccc1C)CC1CCCO1. The van der Waals surface area contributed by atoms with Crippen molar-refractivity contribution in [3.8, 4) is 0 Å². The Morgan fingerprint density at radius 3 is 2.89 bits per heavy atom. The molecule has 1 fully saturated rings. The predicted octanol–water partition coefficient (Wildman–Crippen LogP) is 3.00. The molecule has 1 aliphatic rings. The first kappa shape index (κ1) is 13.6. The molecule has 2 atom stereocenters. The van der Waals surface area contributed by atoms with Crippen molar-refractivity contribution < 1.29 is 4.74 Å². The Bertz CT molecular complexity index is 383. The molecule has 0 aromatic heterocycles. The monoisotopic (exact) mass is 247 g/mol. The highest BCUT2D eigenvalue weighted by atomic mass is 16.5. The molecule has 1 aliphatic heterocycles. The molecule has 0 saturated carbocycles. The van der Waals surface area contributed by atoms with E-state index in [1.165, 1.54) is 29.5 Å². The molecule has 2 heteroatoms. The van der Waals surface area contributed by atoms with Gasteiger partial charge in [-0.1, -0.05) is 23.8 Å². The van der Waals surface area contributed by atoms with Gasteiger partial charge < -0.3 is 10.1 Å². The lowest BCUT2D eigenvalue weighted by Gasteiger charge is -2.21. The summed E-state index contributed by atoms with van der Waals surface area (Å²) in [6.45, 7) is 5.32. The maximum Gasteiger partial charge on any atom is 0.0590 e. The Hall–Kier alpha value is -0.860. The molecule has 1 aromatic carbocycles. The van der Waals surface area contributed by atoms with E-state index in [9.17, 15) is 0 Å². The third-order valence-corrected chi connectivity index (χ3v) is 3.95. The summed E-state index contributed by atoms with van der Waals surface area (Å²) in [5, 5.41) is 3.44. The Labute approximate surface area is 111 Å². The number of likely N-dealkylation sites (N-methyl/N-ethyl adjacent to an activating group) is 1. The summed E-state index contributed by atoms with van der Waals surface area (Å²) >= 11 is 0. The number of rotatable bonds is 5. The van der Waals surface area contributed by atoms with Gasteiger partial charge in [0.05, 0.1) is 6.10 Å². The second kappa shape index (κ2) is 6.35. The largest absolute Gasteiger partial charge is 0.378 e. The van der Waals surface area contributed by atoms with Crippen molar-refractivity contribution in [2.24, 2.45) is 0 Å². The second-order valence-corrected chi connectivity index (χ2v) is 5.49. The summed E-state index contributed by atoms with van der Waals surface area (Å²) in [6.07, 6.45) is 5.15. The molecule has 1 heterocycles. The minimum absolute atomic E-state index is 0.465. The lowest BCUT2D eigenvalue weighted by molar-refractivity contribution is 0.0954. The van der Waals surface area contributed by atoms with Gasteiger partial charge in [-0.2, -0.15) is 0 Å². The average molecular weight is 247 g/mol. The third kappa shape index (κ3) is 3.56. The summed E-state index contributed by atoms with van der Waals surface area (Å²) < 4.78 is 5.74. The van der Waals surface area contributed by atoms with Gasteiger partial charge in [-0.15, -0.1) is 0 Å². The topological polar surface area (TPSA) is 21.3 Å². The zero-order chi connectivity index (χ0) is 13.0. The molecule has 0 spiro atoms. The van der Waals surface area contributed by atoms with Crippen LogP contribution in [-0.4, -0.2) is 25.8 Å². The maximum atomic E-state index is 5.74. The molecule has 100 valence electrons. The summed E-state index contributed by atoms with van der Waals surface area (Å²) in [4.78, 5) is 0. The number of ether oxygens (including phenoxy) is 1. The van der Waals surface area contributed by atoms with Crippen molar-refractivity contribution in [1.82, 2.24) is 5.32 Å². The molecule has 0 amide bonds. The lowest BCUT2D eigenvalue weighted by Crippen LogP contribution is -2.32. The van der Waals surface area contributed by atoms with Crippen LogP contribution in [0.15, 0.2) is 18.2 Å². The van der Waals surface area contributed by atoms with Crippen molar-refractivity contribution in [2.45, 2.75) is 51.7 Å². The highest BCUT2D eigenvalue weighted by Gasteiger charge is 2.20. The molecule has 1 saturated heterocycles. The summed E-state index contributed by atoms with van der Waals surface area (Å²) in [5.41, 5.74) is 4.21. The minimum atomic E-state index is 0.465. The third-order valence-electron chi connectivity index (χ3n) is 3.95. The molecule has 0 bridgehead atoms. The van der Waals surface area contributed by atoms with E-state index in [1.807, 2.05) is 0 Å². The fraction of sp³-hybridized carbons (Fsp3) is 0.625. The molecule has 2 nitrogen and oxygen atoms in total. The van der Waals surface area contributed by atoms with Gasteiger partial charge in [0.25, 0.3) is 0 Å². The molecular weight excluding hydrogens is 222 g/mol. The van der Waals surface area contributed by atoms with Gasteiger partial charge in [-0.25, -0.2) is 0 Å². The predicted molar refractivity (Wildman–Crippen MR) is 76.1 cm³/mol. The van der Waals surface area contributed by atoms with Crippen LogP contribution in [0.5, 0.6) is 0 Å². The van der Waals surface area contributed by atoms with Crippen molar-refractivity contribution >= 4 is 0 Å². The summed E-state index contributed by atoms with van der Waals surface area (Å²) in [5.74, 6) is 0. The zero-order valence-electron chi connectivity index (χ0n) is 11.8. The van der Waals surface area contributed by atoms with Gasteiger partial charge in [-0.05, 0) is 57.7 Å². The number of hydrogen-bond donors (Lipinski definition) is 1. The first-order chi connectivity index (χ1) is 8.69. The van der Waals surface area contributed by atoms with Crippen LogP contribution in [-0.2, 0) is 11.2 Å². The van der Waals surface area contributed by atoms with Crippen LogP contribution in [0.25, 0.3) is 0 Å². The highest BCUT2D eigenvalue weighted by molar-refractivity contribution is 5.31. The number of nitrogens with one attached hydrogen (secondary N) is 1. The highest BCUT2D eigenvalue weighted by Crippen LogP contribution is 2.20. The molecule has 2 rings (SSSR count). The standard InChI is InChI=1S/C16H25NO/c1-12-6-7-13(2)14(9-12)10-15(17-3)11-16-5-4-8-18-16/h6-7,9,15-17H,4-5,8,10-11H2,1-3H3. The van der Waals surface area contributed by atoms with E-state index in [-0.39, 0.29) is 0 Å². The van der Waals surface area contributed by atoms with Gasteiger partial charge >= 0.3 is 0 Å². The van der Waals surface area contributed by atoms with Crippen molar-refractivity contribution in [2.75, 3.05) is 13.7 Å². The normalized spacial score (nSPS) is 21.2. The minimum Gasteiger partial charge on any atom is -0.378 e. The van der Waals surface area contributed by atoms with Gasteiger partial charge in [0, 0.05) is 12.6 Å². The van der Waals surface area contributed by atoms with Crippen molar-refractivity contribution in [3.63, 3.8) is 0 Å². The molecule has 2 unspecified atom stereocenters. The molecule has 1 aromatic rings. The van der Waals surface area contributed by atoms with Gasteiger partial charge in [0.1, 0.15) is 0 Å². The molecule has 0 radical (unpaired) electrons. The van der Waals surface area contributed by atoms with Crippen LogP contribution < -0.4 is 5.32 Å². The van der Waals surface area contributed by atoms with E-state index in [2.05, 4.69) is 44.4 Å². The Morgan fingerprint density at radius 1 is 1.39 bits per heavy atom. The van der Waals surface area contributed by atoms with E-state index in [0.717, 1.165) is 19.4 Å². The van der Waals surface area contributed by atoms with Crippen molar-refractivity contribution in [3.05, 3.63) is 34.9 Å². The van der Waals surface area contributed by atoms with Gasteiger partial charge in [0.15, 0.2) is 0 Å². The van der Waals surface area contributed by atoms with Crippen LogP contribution >= 0.6 is 0 Å². The Kier molecular flexibility index (Phi) is 4.79. The van der Waals surface area contributed by atoms with Crippen LogP contribution in [0.3, 0.4) is 0 Å². The molecular formula is C16H25NO. The van der Waals surface area contributed by atoms with E-state index in [0.29, 0.717) is 12.1 Å². The van der Waals surface area contributed by atoms with Crippen LogP contribution in [0.1, 0.15) is 36.0 Å². The molecule has 1 N–H and O–H groups in total. The number of benzene rings is 1. The van der Waals surface area contributed by atoms with E-state index < -0.39 is 0 Å². The summed E-state index contributed by atoms with van der Waals surface area (Å²) in [7, 11) is 2.06. The van der Waals surface area contributed by atoms with Crippen LogP contribution in [0, 0.1) is 13.8 Å². The number of hydrogen-bond acceptors (Lipinski definition) is 2. The zero-order valence-corrected chi connectivity index (χ0v) is 11.8. The first-order valence-electron chi connectivity index (χ1n) is 7.04. The van der Waals surface area contributed by atoms with Crippen LogP contribution in [0.2, 0.25) is 0 Å². The lowest BCUT2D eigenvalue weighted by atomic mass is 9.95. The van der Waals surface area contributed by atoms with E-state index in [4.69, 9.17) is 4.74 Å². The molecule has 18 heavy (non-hydrogen) atoms. The Morgan fingerprint density at radius 2 is 2.22 bits per heavy atom. The van der Waals surface area contributed by atoms with E-state index >= 15 is 0 Å². The number of aryl methyl sites for hydroxylation is 2. The van der Waals surface area contributed by atoms with Gasteiger partial charge in [-0.3, -0.25) is 0 Å². The average Bonchev–Trinajstić information content (AvgIpc) is 2.85. The van der Waals surface area contributed by atoms with Crippen molar-refractivity contribution in [1.29, 1.82) is 0 Å². The quantitative estimate of drug-likeness (QED) is 0.863. The fourth-order valence-corrected chi connectivity index (χ4v) is 2.74. The first-order valence-corrected chi connectivity index (χ1v) is 7.04. The smallest absolute Gasteiger partial charge is 0.0590 e. The maximum absolute atomic E-state index is 5.74. The Balaban J connectivity index is 1.98. The second-order valence-electron chi connectivity index (χ2n) is 5.49.